The molecule has 0 amide bonds. The van der Waals surface area contributed by atoms with Crippen molar-refractivity contribution in [3.63, 3.8) is 0 Å². The Morgan fingerprint density at radius 3 is 2.43 bits per heavy atom. The summed E-state index contributed by atoms with van der Waals surface area (Å²) in [5.74, 6) is 2.93. The lowest BCUT2D eigenvalue weighted by Gasteiger charge is -2.11. The Morgan fingerprint density at radius 1 is 1.13 bits per heavy atom. The van der Waals surface area contributed by atoms with Gasteiger partial charge in [0.05, 0.1) is 38.7 Å². The molecule has 0 spiro atoms. The maximum Gasteiger partial charge on any atom is 0.193 e. The molecule has 0 atom stereocenters. The minimum absolute atomic E-state index is 0.0184. The predicted molar refractivity (Wildman–Crippen MR) is 109 cm³/mol. The fraction of sp³-hybridized carbons (Fsp3) is 0.182. The summed E-state index contributed by atoms with van der Waals surface area (Å²) in [6.07, 6.45) is 0.982. The highest BCUT2D eigenvalue weighted by Crippen LogP contribution is 2.29. The molecule has 0 aliphatic rings. The lowest BCUT2D eigenvalue weighted by Crippen LogP contribution is -2.09. The van der Waals surface area contributed by atoms with E-state index in [2.05, 4.69) is 16.8 Å². The number of benzene rings is 2. The van der Waals surface area contributed by atoms with Gasteiger partial charge in [-0.15, -0.1) is 0 Å². The fourth-order valence-corrected chi connectivity index (χ4v) is 3.84. The zero-order valence-electron chi connectivity index (χ0n) is 16.3. The number of rotatable bonds is 2. The zero-order valence-corrected chi connectivity index (χ0v) is 17.1. The maximum absolute atomic E-state index is 14.9. The number of aromatic nitrogens is 1. The molecule has 0 radical (unpaired) electrons. The van der Waals surface area contributed by atoms with E-state index in [-0.39, 0.29) is 38.5 Å². The number of nitrogens with one attached hydrogen (secondary N) is 1. The first-order valence-electron chi connectivity index (χ1n) is 8.84. The van der Waals surface area contributed by atoms with Crippen LogP contribution in [-0.4, -0.2) is 19.7 Å². The third-order valence-corrected chi connectivity index (χ3v) is 5.45. The second-order valence-electron chi connectivity index (χ2n) is 7.04. The molecule has 1 heterocycles. The van der Waals surface area contributed by atoms with Crippen LogP contribution in [0, 0.1) is 40.7 Å². The van der Waals surface area contributed by atoms with Gasteiger partial charge < -0.3 is 4.98 Å². The summed E-state index contributed by atoms with van der Waals surface area (Å²) < 4.78 is 53.6. The van der Waals surface area contributed by atoms with E-state index >= 15 is 0 Å². The van der Waals surface area contributed by atoms with E-state index in [1.54, 1.807) is 13.8 Å². The summed E-state index contributed by atoms with van der Waals surface area (Å²) in [7, 11) is -3.71. The molecule has 0 saturated heterocycles. The third kappa shape index (κ3) is 3.96. The van der Waals surface area contributed by atoms with Gasteiger partial charge in [-0.25, -0.2) is 17.2 Å². The first-order valence-corrected chi connectivity index (χ1v) is 10.7. The Hall–Kier alpha value is -3.49. The van der Waals surface area contributed by atoms with E-state index < -0.39 is 32.5 Å². The highest BCUT2D eigenvalue weighted by atomic mass is 32.2. The number of sulfone groups is 1. The van der Waals surface area contributed by atoms with Crippen LogP contribution >= 0.6 is 0 Å². The van der Waals surface area contributed by atoms with Crippen molar-refractivity contribution < 1.29 is 17.2 Å². The van der Waals surface area contributed by atoms with Crippen LogP contribution in [0.5, 0.6) is 0 Å². The first-order chi connectivity index (χ1) is 14.0. The molecule has 1 N–H and O–H groups in total. The van der Waals surface area contributed by atoms with Gasteiger partial charge in [0.2, 0.25) is 0 Å². The van der Waals surface area contributed by atoms with E-state index in [1.807, 2.05) is 6.07 Å². The van der Waals surface area contributed by atoms with Gasteiger partial charge in [0, 0.05) is 23.8 Å². The third-order valence-electron chi connectivity index (χ3n) is 4.29. The van der Waals surface area contributed by atoms with E-state index in [4.69, 9.17) is 5.26 Å². The average molecular weight is 426 g/mol. The second kappa shape index (κ2) is 7.74. The monoisotopic (exact) mass is 426 g/mol. The van der Waals surface area contributed by atoms with Gasteiger partial charge in [-0.3, -0.25) is 4.79 Å². The molecule has 0 unspecified atom stereocenters. The highest BCUT2D eigenvalue weighted by Gasteiger charge is 2.20. The molecule has 0 aliphatic carbocycles. The van der Waals surface area contributed by atoms with Crippen molar-refractivity contribution in [3.8, 4) is 29.2 Å². The molecule has 0 bridgehead atoms. The van der Waals surface area contributed by atoms with Crippen LogP contribution in [0.2, 0.25) is 0 Å². The SMILES string of the molecule is CC(C)C#Cc1c(F)cc2[nH]c(-c3cc(C#N)ccc3S(C)(=O)=O)cc(=O)c2c1F. The molecular formula is C22H16F2N2O3S. The summed E-state index contributed by atoms with van der Waals surface area (Å²) in [5.41, 5.74) is -1.19. The number of nitriles is 1. The Bertz CT molecular complexity index is 1450. The molecule has 0 saturated carbocycles. The summed E-state index contributed by atoms with van der Waals surface area (Å²) in [6, 6.07) is 7.74. The largest absolute Gasteiger partial charge is 0.354 e. The number of pyridine rings is 1. The predicted octanol–water partition coefficient (Wildman–Crippen LogP) is 3.76. The number of H-pyrrole nitrogens is 1. The van der Waals surface area contributed by atoms with Gasteiger partial charge in [0.25, 0.3) is 0 Å². The van der Waals surface area contributed by atoms with Crippen LogP contribution in [0.25, 0.3) is 22.2 Å². The average Bonchev–Trinajstić information content (AvgIpc) is 2.65. The van der Waals surface area contributed by atoms with E-state index in [9.17, 15) is 22.0 Å². The number of nitrogens with zero attached hydrogens (tertiary/aromatic N) is 1. The standard InChI is InChI=1S/C22H16F2N2O3S/c1-12(2)4-6-14-16(23)9-18-21(22(14)24)19(27)10-17(26-18)15-8-13(11-25)5-7-20(15)30(3,28)29/h5,7-10,12H,1-3H3,(H,26,27). The second-order valence-corrected chi connectivity index (χ2v) is 9.02. The normalized spacial score (nSPS) is 11.2. The van der Waals surface area contributed by atoms with Gasteiger partial charge in [0.15, 0.2) is 21.1 Å². The minimum Gasteiger partial charge on any atom is -0.354 e. The van der Waals surface area contributed by atoms with Crippen LogP contribution < -0.4 is 5.43 Å². The van der Waals surface area contributed by atoms with Gasteiger partial charge in [-0.05, 0) is 24.3 Å². The van der Waals surface area contributed by atoms with Crippen molar-refractivity contribution in [2.75, 3.05) is 6.26 Å². The van der Waals surface area contributed by atoms with E-state index in [1.165, 1.54) is 18.2 Å². The maximum atomic E-state index is 14.9. The van der Waals surface area contributed by atoms with E-state index in [0.717, 1.165) is 18.4 Å². The van der Waals surface area contributed by atoms with Crippen molar-refractivity contribution in [3.05, 3.63) is 63.3 Å². The molecule has 3 aromatic rings. The lowest BCUT2D eigenvalue weighted by atomic mass is 10.0. The molecule has 2 aromatic carbocycles. The summed E-state index contributed by atoms with van der Waals surface area (Å²) in [4.78, 5) is 15.3. The molecule has 5 nitrogen and oxygen atoms in total. The summed E-state index contributed by atoms with van der Waals surface area (Å²) in [6.45, 7) is 3.52. The highest BCUT2D eigenvalue weighted by molar-refractivity contribution is 7.90. The van der Waals surface area contributed by atoms with Gasteiger partial charge in [-0.2, -0.15) is 5.26 Å². The Balaban J connectivity index is 2.36. The number of halogens is 2. The molecule has 1 aromatic heterocycles. The van der Waals surface area contributed by atoms with Crippen LogP contribution in [0.4, 0.5) is 8.78 Å². The number of hydrogen-bond acceptors (Lipinski definition) is 4. The van der Waals surface area contributed by atoms with Crippen LogP contribution in [-0.2, 0) is 9.84 Å². The number of hydrogen-bond donors (Lipinski definition) is 1. The van der Waals surface area contributed by atoms with Crippen molar-refractivity contribution in [1.29, 1.82) is 5.26 Å². The fourth-order valence-electron chi connectivity index (χ4n) is 2.95. The van der Waals surface area contributed by atoms with Crippen molar-refractivity contribution in [1.82, 2.24) is 4.98 Å². The van der Waals surface area contributed by atoms with Crippen molar-refractivity contribution in [2.24, 2.45) is 5.92 Å². The van der Waals surface area contributed by atoms with Crippen LogP contribution in [0.3, 0.4) is 0 Å². The van der Waals surface area contributed by atoms with Gasteiger partial charge >= 0.3 is 0 Å². The Labute approximate surface area is 171 Å². The van der Waals surface area contributed by atoms with Crippen LogP contribution in [0.15, 0.2) is 40.0 Å². The molecule has 0 aliphatic heterocycles. The van der Waals surface area contributed by atoms with Crippen molar-refractivity contribution >= 4 is 20.7 Å². The van der Waals surface area contributed by atoms with Crippen LogP contribution in [0.1, 0.15) is 25.0 Å². The quantitative estimate of drug-likeness (QED) is 0.632. The molecule has 3 rings (SSSR count). The molecule has 152 valence electrons. The summed E-state index contributed by atoms with van der Waals surface area (Å²) >= 11 is 0. The first kappa shape index (κ1) is 21.2. The summed E-state index contributed by atoms with van der Waals surface area (Å²) in [5, 5.41) is 8.75. The minimum atomic E-state index is -3.71. The van der Waals surface area contributed by atoms with Gasteiger partial charge in [0.1, 0.15) is 5.82 Å². The zero-order chi connectivity index (χ0) is 22.2. The number of fused-ring (bicyclic) bond motifs is 1. The Kier molecular flexibility index (Phi) is 5.47. The molecule has 0 fully saturated rings. The molecular weight excluding hydrogens is 410 g/mol. The smallest absolute Gasteiger partial charge is 0.193 e. The molecule has 8 heteroatoms. The Morgan fingerprint density at radius 2 is 1.83 bits per heavy atom. The van der Waals surface area contributed by atoms with E-state index in [0.29, 0.717) is 0 Å². The topological polar surface area (TPSA) is 90.8 Å². The van der Waals surface area contributed by atoms with Gasteiger partial charge in [-0.1, -0.05) is 25.7 Å². The van der Waals surface area contributed by atoms with Crippen molar-refractivity contribution in [2.45, 2.75) is 18.7 Å². The lowest BCUT2D eigenvalue weighted by molar-refractivity contribution is 0.585. The molecule has 30 heavy (non-hydrogen) atoms. The number of aromatic amines is 1.